The first-order valence-electron chi connectivity index (χ1n) is 6.59. The molecule has 0 spiro atoms. The maximum absolute atomic E-state index is 8.42. The van der Waals surface area contributed by atoms with Crippen LogP contribution in [0.1, 0.15) is 42.9 Å². The smallest absolute Gasteiger partial charge is 0.139 e. The van der Waals surface area contributed by atoms with Gasteiger partial charge in [-0.2, -0.15) is 0 Å². The van der Waals surface area contributed by atoms with Crippen LogP contribution in [-0.4, -0.2) is 17.6 Å². The van der Waals surface area contributed by atoms with E-state index in [0.717, 1.165) is 19.4 Å². The minimum absolute atomic E-state index is 0.321. The Morgan fingerprint density at radius 2 is 2.22 bits per heavy atom. The van der Waals surface area contributed by atoms with Crippen molar-refractivity contribution in [3.63, 3.8) is 0 Å². The Kier molecular flexibility index (Phi) is 4.59. The third-order valence-corrected chi connectivity index (χ3v) is 3.51. The maximum atomic E-state index is 8.42. The molecule has 0 aromatic heterocycles. The first-order chi connectivity index (χ1) is 8.81. The minimum atomic E-state index is 0.321. The number of unbranched alkanes of at least 4 members (excludes halogenated alkanes) is 1. The summed E-state index contributed by atoms with van der Waals surface area (Å²) in [4.78, 5) is 0. The molecular formula is C14H21N3O. The highest BCUT2D eigenvalue weighted by Crippen LogP contribution is 2.30. The van der Waals surface area contributed by atoms with Crippen LogP contribution < -0.4 is 11.1 Å². The molecule has 0 fully saturated rings. The van der Waals surface area contributed by atoms with E-state index < -0.39 is 0 Å². The lowest BCUT2D eigenvalue weighted by molar-refractivity contribution is 0.316. The molecule has 0 amide bonds. The Morgan fingerprint density at radius 1 is 1.39 bits per heavy atom. The molecule has 18 heavy (non-hydrogen) atoms. The molecule has 0 bridgehead atoms. The number of hydrogen-bond donors (Lipinski definition) is 3. The van der Waals surface area contributed by atoms with E-state index in [2.05, 4.69) is 34.7 Å². The molecule has 1 aromatic rings. The lowest BCUT2D eigenvalue weighted by Crippen LogP contribution is -2.21. The Bertz CT molecular complexity index is 417. The number of aryl methyl sites for hydroxylation is 1. The molecule has 1 aliphatic carbocycles. The van der Waals surface area contributed by atoms with Crippen molar-refractivity contribution in [1.82, 2.24) is 5.32 Å². The van der Waals surface area contributed by atoms with Crippen molar-refractivity contribution in [2.24, 2.45) is 10.9 Å². The zero-order chi connectivity index (χ0) is 12.8. The molecule has 0 saturated heterocycles. The van der Waals surface area contributed by atoms with Crippen LogP contribution in [0.25, 0.3) is 0 Å². The van der Waals surface area contributed by atoms with Crippen molar-refractivity contribution in [2.45, 2.75) is 38.1 Å². The van der Waals surface area contributed by atoms with Gasteiger partial charge in [-0.3, -0.25) is 0 Å². The Hall–Kier alpha value is -1.55. The van der Waals surface area contributed by atoms with Gasteiger partial charge >= 0.3 is 0 Å². The number of nitrogens with two attached hydrogens (primary N) is 1. The SMILES string of the molecule is NC(CCCCNC1CCc2ccccc21)=NO. The summed E-state index contributed by atoms with van der Waals surface area (Å²) in [7, 11) is 0. The first kappa shape index (κ1) is 12.9. The van der Waals surface area contributed by atoms with Crippen LogP contribution in [0.15, 0.2) is 29.4 Å². The summed E-state index contributed by atoms with van der Waals surface area (Å²) in [5.74, 6) is 0.321. The van der Waals surface area contributed by atoms with Crippen molar-refractivity contribution in [2.75, 3.05) is 6.54 Å². The Morgan fingerprint density at radius 3 is 3.06 bits per heavy atom. The predicted molar refractivity (Wildman–Crippen MR) is 72.8 cm³/mol. The summed E-state index contributed by atoms with van der Waals surface area (Å²) in [5, 5.41) is 15.0. The summed E-state index contributed by atoms with van der Waals surface area (Å²) >= 11 is 0. The normalized spacial score (nSPS) is 18.9. The zero-order valence-electron chi connectivity index (χ0n) is 10.6. The summed E-state index contributed by atoms with van der Waals surface area (Å²) < 4.78 is 0. The second-order valence-corrected chi connectivity index (χ2v) is 4.79. The number of oxime groups is 1. The van der Waals surface area contributed by atoms with Crippen LogP contribution in [0.2, 0.25) is 0 Å². The molecule has 0 radical (unpaired) electrons. The average Bonchev–Trinajstić information content (AvgIpc) is 2.81. The second-order valence-electron chi connectivity index (χ2n) is 4.79. The Labute approximate surface area is 108 Å². The highest BCUT2D eigenvalue weighted by molar-refractivity contribution is 5.79. The largest absolute Gasteiger partial charge is 0.409 e. The van der Waals surface area contributed by atoms with Crippen LogP contribution in [0, 0.1) is 0 Å². The first-order valence-corrected chi connectivity index (χ1v) is 6.59. The van der Waals surface area contributed by atoms with Gasteiger partial charge in [0, 0.05) is 12.5 Å². The van der Waals surface area contributed by atoms with E-state index in [1.165, 1.54) is 24.0 Å². The van der Waals surface area contributed by atoms with Crippen LogP contribution in [0.4, 0.5) is 0 Å². The summed E-state index contributed by atoms with van der Waals surface area (Å²) in [6, 6.07) is 9.16. The minimum Gasteiger partial charge on any atom is -0.409 e. The molecule has 0 aliphatic heterocycles. The molecule has 4 nitrogen and oxygen atoms in total. The fourth-order valence-corrected chi connectivity index (χ4v) is 2.53. The lowest BCUT2D eigenvalue weighted by atomic mass is 10.1. The van der Waals surface area contributed by atoms with E-state index >= 15 is 0 Å². The molecule has 0 saturated carbocycles. The van der Waals surface area contributed by atoms with E-state index in [1.807, 2.05) is 0 Å². The van der Waals surface area contributed by atoms with Crippen molar-refractivity contribution in [1.29, 1.82) is 0 Å². The van der Waals surface area contributed by atoms with Gasteiger partial charge in [-0.1, -0.05) is 29.4 Å². The fraction of sp³-hybridized carbons (Fsp3) is 0.500. The predicted octanol–water partition coefficient (Wildman–Crippen LogP) is 2.18. The molecule has 0 heterocycles. The van der Waals surface area contributed by atoms with Gasteiger partial charge in [-0.25, -0.2) is 0 Å². The number of benzene rings is 1. The van der Waals surface area contributed by atoms with Crippen LogP contribution >= 0.6 is 0 Å². The van der Waals surface area contributed by atoms with Crippen molar-refractivity contribution < 1.29 is 5.21 Å². The number of hydrogen-bond acceptors (Lipinski definition) is 3. The van der Waals surface area contributed by atoms with Crippen molar-refractivity contribution >= 4 is 5.84 Å². The van der Waals surface area contributed by atoms with E-state index in [-0.39, 0.29) is 0 Å². The fourth-order valence-electron chi connectivity index (χ4n) is 2.53. The van der Waals surface area contributed by atoms with Crippen molar-refractivity contribution in [3.8, 4) is 0 Å². The van der Waals surface area contributed by atoms with Gasteiger partial charge in [-0.15, -0.1) is 0 Å². The molecule has 1 aromatic carbocycles. The quantitative estimate of drug-likeness (QED) is 0.237. The number of fused-ring (bicyclic) bond motifs is 1. The molecule has 4 N–H and O–H groups in total. The monoisotopic (exact) mass is 247 g/mol. The van der Waals surface area contributed by atoms with Crippen LogP contribution in [0.5, 0.6) is 0 Å². The van der Waals surface area contributed by atoms with E-state index in [9.17, 15) is 0 Å². The third-order valence-electron chi connectivity index (χ3n) is 3.51. The van der Waals surface area contributed by atoms with Gasteiger partial charge in [0.25, 0.3) is 0 Å². The third kappa shape index (κ3) is 3.23. The van der Waals surface area contributed by atoms with Gasteiger partial charge in [0.2, 0.25) is 0 Å². The van der Waals surface area contributed by atoms with Gasteiger partial charge < -0.3 is 16.3 Å². The Balaban J connectivity index is 1.70. The maximum Gasteiger partial charge on any atom is 0.139 e. The van der Waals surface area contributed by atoms with Crippen LogP contribution in [0.3, 0.4) is 0 Å². The van der Waals surface area contributed by atoms with Gasteiger partial charge in [-0.05, 0) is 43.4 Å². The lowest BCUT2D eigenvalue weighted by Gasteiger charge is -2.13. The van der Waals surface area contributed by atoms with Crippen LogP contribution in [-0.2, 0) is 6.42 Å². The molecule has 2 rings (SSSR count). The summed E-state index contributed by atoms with van der Waals surface area (Å²) in [6.07, 6.45) is 5.04. The second kappa shape index (κ2) is 6.40. The molecular weight excluding hydrogens is 226 g/mol. The molecule has 1 unspecified atom stereocenters. The molecule has 98 valence electrons. The number of nitrogens with zero attached hydrogens (tertiary/aromatic N) is 1. The van der Waals surface area contributed by atoms with E-state index in [1.54, 1.807) is 0 Å². The summed E-state index contributed by atoms with van der Waals surface area (Å²) in [5.41, 5.74) is 8.35. The van der Waals surface area contributed by atoms with E-state index in [4.69, 9.17) is 10.9 Å². The number of rotatable bonds is 6. The molecule has 4 heteroatoms. The van der Waals surface area contributed by atoms with Gasteiger partial charge in [0.15, 0.2) is 0 Å². The summed E-state index contributed by atoms with van der Waals surface area (Å²) in [6.45, 7) is 0.984. The highest BCUT2D eigenvalue weighted by Gasteiger charge is 2.20. The highest BCUT2D eigenvalue weighted by atomic mass is 16.4. The van der Waals surface area contributed by atoms with E-state index in [0.29, 0.717) is 18.3 Å². The molecule has 1 aliphatic rings. The number of amidine groups is 1. The average molecular weight is 247 g/mol. The topological polar surface area (TPSA) is 70.6 Å². The van der Waals surface area contributed by atoms with Crippen molar-refractivity contribution in [3.05, 3.63) is 35.4 Å². The molecule has 1 atom stereocenters. The zero-order valence-corrected chi connectivity index (χ0v) is 10.6. The number of nitrogens with one attached hydrogen (secondary N) is 1. The van der Waals surface area contributed by atoms with Gasteiger partial charge in [0.05, 0.1) is 0 Å². The van der Waals surface area contributed by atoms with Gasteiger partial charge in [0.1, 0.15) is 5.84 Å². The standard InChI is InChI=1S/C14H21N3O/c15-14(17-18)7-3-4-10-16-13-9-8-11-5-1-2-6-12(11)13/h1-2,5-6,13,16,18H,3-4,7-10H2,(H2,15,17).